The van der Waals surface area contributed by atoms with Crippen molar-refractivity contribution in [3.63, 3.8) is 0 Å². The Bertz CT molecular complexity index is 1040. The molecule has 0 aromatic carbocycles. The molecule has 2 atom stereocenters. The van der Waals surface area contributed by atoms with Crippen LogP contribution in [0.5, 0.6) is 0 Å². The highest BCUT2D eigenvalue weighted by atomic mass is 31.2. The molecule has 0 radical (unpaired) electrons. The van der Waals surface area contributed by atoms with Crippen molar-refractivity contribution >= 4 is 13.8 Å². The maximum atomic E-state index is 12.6. The zero-order valence-electron chi connectivity index (χ0n) is 33.1. The molecule has 0 saturated heterocycles. The Hall–Kier alpha value is -2.06. The largest absolute Gasteiger partial charge is 0.472 e. The van der Waals surface area contributed by atoms with E-state index in [0.717, 1.165) is 83.5 Å². The van der Waals surface area contributed by atoms with Crippen molar-refractivity contribution in [1.29, 1.82) is 0 Å². The average Bonchev–Trinajstić information content (AvgIpc) is 3.08. The highest BCUT2D eigenvalue weighted by Crippen LogP contribution is 2.43. The van der Waals surface area contributed by atoms with Crippen molar-refractivity contribution in [3.8, 4) is 0 Å². The molecule has 0 aromatic rings. The average molecular weight is 737 g/mol. The molecule has 0 saturated carbocycles. The zero-order chi connectivity index (χ0) is 37.7. The van der Waals surface area contributed by atoms with Gasteiger partial charge in [-0.15, -0.1) is 0 Å². The Morgan fingerprint density at radius 1 is 0.627 bits per heavy atom. The Labute approximate surface area is 312 Å². The van der Waals surface area contributed by atoms with E-state index in [-0.39, 0.29) is 25.8 Å². The highest BCUT2D eigenvalue weighted by Gasteiger charge is 2.26. The number of allylic oxidation sites excluding steroid dienone is 12. The molecule has 0 aliphatic carbocycles. The summed E-state index contributed by atoms with van der Waals surface area (Å²) in [5, 5.41) is 0. The van der Waals surface area contributed by atoms with Gasteiger partial charge in [-0.25, -0.2) is 4.57 Å². The van der Waals surface area contributed by atoms with Crippen molar-refractivity contribution in [2.75, 3.05) is 54.1 Å². The van der Waals surface area contributed by atoms with Gasteiger partial charge in [0.05, 0.1) is 34.4 Å². The summed E-state index contributed by atoms with van der Waals surface area (Å²) < 4.78 is 34.8. The maximum Gasteiger partial charge on any atom is 0.472 e. The van der Waals surface area contributed by atoms with Gasteiger partial charge in [0.25, 0.3) is 0 Å². The van der Waals surface area contributed by atoms with Crippen LogP contribution in [0.25, 0.3) is 0 Å². The number of likely N-dealkylation sites (N-methyl/N-ethyl adjacent to an activating group) is 1. The molecule has 2 unspecified atom stereocenters. The molecule has 0 heterocycles. The lowest BCUT2D eigenvalue weighted by Gasteiger charge is -2.24. The molecule has 0 aromatic heterocycles. The van der Waals surface area contributed by atoms with Crippen molar-refractivity contribution in [2.24, 2.45) is 0 Å². The van der Waals surface area contributed by atoms with Crippen LogP contribution in [0, 0.1) is 0 Å². The lowest BCUT2D eigenvalue weighted by molar-refractivity contribution is -0.870. The molecule has 0 bridgehead atoms. The predicted molar refractivity (Wildman–Crippen MR) is 215 cm³/mol. The van der Waals surface area contributed by atoms with E-state index < -0.39 is 13.9 Å². The molecule has 0 fully saturated rings. The summed E-state index contributed by atoms with van der Waals surface area (Å²) in [5.41, 5.74) is 0. The normalized spacial score (nSPS) is 14.7. The third-order valence-corrected chi connectivity index (χ3v) is 8.74. The number of ether oxygens (including phenoxy) is 2. The van der Waals surface area contributed by atoms with E-state index in [1.165, 1.54) is 25.7 Å². The van der Waals surface area contributed by atoms with Gasteiger partial charge in [0, 0.05) is 13.0 Å². The minimum absolute atomic E-state index is 0.0747. The van der Waals surface area contributed by atoms with Crippen molar-refractivity contribution in [1.82, 2.24) is 0 Å². The topological polar surface area (TPSA) is 91.3 Å². The van der Waals surface area contributed by atoms with E-state index in [1.54, 1.807) is 0 Å². The van der Waals surface area contributed by atoms with Crippen LogP contribution in [0.2, 0.25) is 0 Å². The van der Waals surface area contributed by atoms with Crippen LogP contribution in [-0.2, 0) is 27.9 Å². The second-order valence-corrected chi connectivity index (χ2v) is 15.4. The molecule has 0 aliphatic rings. The van der Waals surface area contributed by atoms with E-state index in [4.69, 9.17) is 18.5 Å². The standard InChI is InChI=1S/C42H74NO7P/c1-6-8-10-12-14-16-18-19-20-21-22-23-24-26-28-30-32-34-37-47-39-41(40-49-51(45,46)48-38-36-43(3,4)5)50-42(44)35-33-31-29-27-25-17-15-13-11-9-7-2/h8,10,13-16,19-20,22-23,26,28,41H,6-7,9,11-12,17-18,21,24-25,27,29-40H2,1-5H3/p+1/b10-8-,15-13-,16-14-,20-19-,23-22-,28-26-. The Morgan fingerprint density at radius 3 is 1.73 bits per heavy atom. The number of hydrogen-bond acceptors (Lipinski definition) is 6. The van der Waals surface area contributed by atoms with Crippen LogP contribution in [0.3, 0.4) is 0 Å². The first kappa shape index (κ1) is 48.9. The summed E-state index contributed by atoms with van der Waals surface area (Å²) in [4.78, 5) is 22.8. The molecule has 0 spiro atoms. The number of hydrogen-bond donors (Lipinski definition) is 1. The summed E-state index contributed by atoms with van der Waals surface area (Å²) in [6.45, 7) is 5.31. The van der Waals surface area contributed by atoms with Crippen LogP contribution in [-0.4, -0.2) is 75.6 Å². The predicted octanol–water partition coefficient (Wildman–Crippen LogP) is 11.2. The number of phosphoric ester groups is 1. The van der Waals surface area contributed by atoms with Crippen molar-refractivity contribution in [2.45, 2.75) is 136 Å². The van der Waals surface area contributed by atoms with Crippen molar-refractivity contribution in [3.05, 3.63) is 72.9 Å². The molecule has 0 amide bonds. The first-order chi connectivity index (χ1) is 24.6. The number of carbonyl (C=O) groups excluding carboxylic acids is 1. The summed E-state index contributed by atoms with van der Waals surface area (Å²) in [6, 6.07) is 0. The van der Waals surface area contributed by atoms with Crippen LogP contribution in [0.1, 0.15) is 129 Å². The molecule has 9 heteroatoms. The molecule has 8 nitrogen and oxygen atoms in total. The zero-order valence-corrected chi connectivity index (χ0v) is 34.0. The number of rotatable bonds is 35. The SMILES string of the molecule is CC/C=C\C/C=C\C/C=C\C/C=C\C/C=C\CCCCOCC(COP(=O)(O)OCC[N+](C)(C)C)OC(=O)CCCCCCC/C=C\CCCC. The summed E-state index contributed by atoms with van der Waals surface area (Å²) >= 11 is 0. The molecule has 1 N–H and O–H groups in total. The summed E-state index contributed by atoms with van der Waals surface area (Å²) in [5.74, 6) is -0.344. The van der Waals surface area contributed by atoms with Gasteiger partial charge in [-0.2, -0.15) is 0 Å². The number of esters is 1. The molecular formula is C42H75NO7P+. The van der Waals surface area contributed by atoms with Crippen LogP contribution in [0.15, 0.2) is 72.9 Å². The van der Waals surface area contributed by atoms with Gasteiger partial charge in [-0.05, 0) is 77.0 Å². The fraction of sp³-hybridized carbons (Fsp3) is 0.690. The Kier molecular flexibility index (Phi) is 33.6. The number of phosphoric acid groups is 1. The van der Waals surface area contributed by atoms with E-state index in [1.807, 2.05) is 21.1 Å². The Balaban J connectivity index is 4.39. The van der Waals surface area contributed by atoms with E-state index >= 15 is 0 Å². The second kappa shape index (κ2) is 35.0. The third-order valence-electron chi connectivity index (χ3n) is 7.75. The van der Waals surface area contributed by atoms with Gasteiger partial charge in [0.15, 0.2) is 0 Å². The maximum absolute atomic E-state index is 12.6. The van der Waals surface area contributed by atoms with Gasteiger partial charge in [-0.3, -0.25) is 13.8 Å². The smallest absolute Gasteiger partial charge is 0.457 e. The number of quaternary nitrogens is 1. The van der Waals surface area contributed by atoms with Crippen LogP contribution in [0.4, 0.5) is 0 Å². The first-order valence-corrected chi connectivity index (χ1v) is 21.2. The highest BCUT2D eigenvalue weighted by molar-refractivity contribution is 7.47. The molecule has 51 heavy (non-hydrogen) atoms. The van der Waals surface area contributed by atoms with E-state index in [0.29, 0.717) is 24.1 Å². The molecule has 294 valence electrons. The fourth-order valence-corrected chi connectivity index (χ4v) is 5.42. The summed E-state index contributed by atoms with van der Waals surface area (Å²) in [7, 11) is 1.62. The van der Waals surface area contributed by atoms with Gasteiger partial charge in [0.2, 0.25) is 0 Å². The minimum Gasteiger partial charge on any atom is -0.457 e. The third kappa shape index (κ3) is 39.0. The number of nitrogens with zero attached hydrogens (tertiary/aromatic N) is 1. The van der Waals surface area contributed by atoms with E-state index in [9.17, 15) is 14.3 Å². The van der Waals surface area contributed by atoms with Crippen LogP contribution >= 0.6 is 7.82 Å². The first-order valence-electron chi connectivity index (χ1n) is 19.7. The summed E-state index contributed by atoms with van der Waals surface area (Å²) in [6.07, 6.45) is 43.7. The lowest BCUT2D eigenvalue weighted by Crippen LogP contribution is -2.37. The number of carbonyl (C=O) groups is 1. The quantitative estimate of drug-likeness (QED) is 0.0228. The van der Waals surface area contributed by atoms with Gasteiger partial charge >= 0.3 is 13.8 Å². The van der Waals surface area contributed by atoms with Gasteiger partial charge < -0.3 is 18.9 Å². The fourth-order valence-electron chi connectivity index (χ4n) is 4.67. The lowest BCUT2D eigenvalue weighted by atomic mass is 10.1. The Morgan fingerprint density at radius 2 is 1.14 bits per heavy atom. The second-order valence-electron chi connectivity index (χ2n) is 13.9. The van der Waals surface area contributed by atoms with Crippen LogP contribution < -0.4 is 0 Å². The minimum atomic E-state index is -4.29. The number of unbranched alkanes of at least 4 members (excludes halogenated alkanes) is 9. The van der Waals surface area contributed by atoms with Crippen molar-refractivity contribution < 1.29 is 37.3 Å². The van der Waals surface area contributed by atoms with E-state index in [2.05, 4.69) is 86.8 Å². The van der Waals surface area contributed by atoms with Gasteiger partial charge in [0.1, 0.15) is 19.3 Å². The molecular weight excluding hydrogens is 661 g/mol. The molecule has 0 rings (SSSR count). The molecule has 0 aliphatic heterocycles. The monoisotopic (exact) mass is 737 g/mol. The van der Waals surface area contributed by atoms with Gasteiger partial charge in [-0.1, -0.05) is 119 Å².